The van der Waals surface area contributed by atoms with Crippen LogP contribution < -0.4 is 15.4 Å². The molecular weight excluding hydrogens is 465 g/mol. The number of alkyl halides is 3. The lowest BCUT2D eigenvalue weighted by Crippen LogP contribution is -2.24. The Hall–Kier alpha value is -3.84. The first kappa shape index (κ1) is 25.3. The summed E-state index contributed by atoms with van der Waals surface area (Å²) in [7, 11) is 1.50. The van der Waals surface area contributed by atoms with E-state index in [1.165, 1.54) is 29.4 Å². The fraction of sp³-hybridized carbons (Fsp3) is 0.207. The molecule has 7 heteroatoms. The first-order chi connectivity index (χ1) is 17.3. The number of benzene rings is 4. The van der Waals surface area contributed by atoms with E-state index in [1.807, 2.05) is 18.2 Å². The Balaban J connectivity index is 1.48. The highest BCUT2D eigenvalue weighted by atomic mass is 19.4. The van der Waals surface area contributed by atoms with Crippen molar-refractivity contribution in [3.63, 3.8) is 0 Å². The van der Waals surface area contributed by atoms with Crippen molar-refractivity contribution >= 4 is 16.7 Å². The van der Waals surface area contributed by atoms with E-state index in [2.05, 4.69) is 41.8 Å². The number of amides is 1. The summed E-state index contributed by atoms with van der Waals surface area (Å²) in [6.45, 7) is 2.93. The SMILES string of the molecule is CNC(=O)c1cc(OCCN[C@H](C)c2cccc3ccccc23)cc(-c2cccc(C(F)(F)F)c2)c1. The van der Waals surface area contributed by atoms with Gasteiger partial charge in [-0.1, -0.05) is 54.6 Å². The molecule has 0 radical (unpaired) electrons. The highest BCUT2D eigenvalue weighted by molar-refractivity contribution is 5.96. The molecular formula is C29H27F3N2O2. The minimum absolute atomic E-state index is 0.0811. The smallest absolute Gasteiger partial charge is 0.416 e. The molecule has 0 aliphatic rings. The highest BCUT2D eigenvalue weighted by Gasteiger charge is 2.30. The van der Waals surface area contributed by atoms with E-state index in [0.29, 0.717) is 35.6 Å². The number of fused-ring (bicyclic) bond motifs is 1. The predicted octanol–water partition coefficient (Wildman–Crippen LogP) is 6.61. The van der Waals surface area contributed by atoms with E-state index in [0.717, 1.165) is 12.1 Å². The zero-order chi connectivity index (χ0) is 25.7. The average Bonchev–Trinajstić information content (AvgIpc) is 2.89. The van der Waals surface area contributed by atoms with Crippen LogP contribution in [0.3, 0.4) is 0 Å². The summed E-state index contributed by atoms with van der Waals surface area (Å²) >= 11 is 0. The molecule has 4 aromatic rings. The second-order valence-electron chi connectivity index (χ2n) is 8.50. The number of halogens is 3. The number of carbonyl (C=O) groups excluding carboxylic acids is 1. The molecule has 0 aliphatic heterocycles. The summed E-state index contributed by atoms with van der Waals surface area (Å²) in [4.78, 5) is 12.3. The van der Waals surface area contributed by atoms with E-state index >= 15 is 0 Å². The molecule has 0 bridgehead atoms. The van der Waals surface area contributed by atoms with Gasteiger partial charge in [-0.15, -0.1) is 0 Å². The molecule has 0 spiro atoms. The van der Waals surface area contributed by atoms with Gasteiger partial charge in [0.2, 0.25) is 0 Å². The lowest BCUT2D eigenvalue weighted by Gasteiger charge is -2.17. The maximum Gasteiger partial charge on any atom is 0.416 e. The van der Waals surface area contributed by atoms with Gasteiger partial charge in [-0.3, -0.25) is 4.79 Å². The Morgan fingerprint density at radius 2 is 1.67 bits per heavy atom. The molecule has 0 aliphatic carbocycles. The van der Waals surface area contributed by atoms with Gasteiger partial charge in [0, 0.05) is 25.2 Å². The van der Waals surface area contributed by atoms with Crippen LogP contribution in [0, 0.1) is 0 Å². The predicted molar refractivity (Wildman–Crippen MR) is 136 cm³/mol. The first-order valence-electron chi connectivity index (χ1n) is 11.6. The zero-order valence-corrected chi connectivity index (χ0v) is 20.0. The lowest BCUT2D eigenvalue weighted by molar-refractivity contribution is -0.137. The fourth-order valence-corrected chi connectivity index (χ4v) is 4.18. The van der Waals surface area contributed by atoms with Gasteiger partial charge in [-0.2, -0.15) is 13.2 Å². The Morgan fingerprint density at radius 1 is 0.917 bits per heavy atom. The van der Waals surface area contributed by atoms with Gasteiger partial charge in [0.25, 0.3) is 5.91 Å². The maximum absolute atomic E-state index is 13.2. The third kappa shape index (κ3) is 5.86. The van der Waals surface area contributed by atoms with Gasteiger partial charge in [0.1, 0.15) is 12.4 Å². The number of ether oxygens (including phenoxy) is 1. The third-order valence-electron chi connectivity index (χ3n) is 6.03. The van der Waals surface area contributed by atoms with Crippen molar-refractivity contribution in [2.75, 3.05) is 20.2 Å². The monoisotopic (exact) mass is 492 g/mol. The van der Waals surface area contributed by atoms with Crippen LogP contribution in [0.2, 0.25) is 0 Å². The molecule has 186 valence electrons. The molecule has 4 nitrogen and oxygen atoms in total. The van der Waals surface area contributed by atoms with E-state index in [9.17, 15) is 18.0 Å². The van der Waals surface area contributed by atoms with Crippen molar-refractivity contribution in [3.05, 3.63) is 102 Å². The Morgan fingerprint density at radius 3 is 2.44 bits per heavy atom. The molecule has 0 unspecified atom stereocenters. The second-order valence-corrected chi connectivity index (χ2v) is 8.50. The van der Waals surface area contributed by atoms with Gasteiger partial charge in [0.15, 0.2) is 0 Å². The molecule has 0 aromatic heterocycles. The summed E-state index contributed by atoms with van der Waals surface area (Å²) in [5, 5.41) is 8.36. The van der Waals surface area contributed by atoms with Crippen molar-refractivity contribution in [2.45, 2.75) is 19.1 Å². The van der Waals surface area contributed by atoms with Crippen LogP contribution in [-0.2, 0) is 6.18 Å². The largest absolute Gasteiger partial charge is 0.492 e. The standard InChI is InChI=1S/C29H27F3N2O2/c1-19(26-12-6-8-20-7-3-4-11-27(20)26)34-13-14-36-25-17-22(15-23(18-25)28(35)33-2)21-9-5-10-24(16-21)29(30,31)32/h3-12,15-19,34H,13-14H2,1-2H3,(H,33,35)/t19-/m1/s1. The Bertz CT molecular complexity index is 1360. The minimum atomic E-state index is -4.46. The van der Waals surface area contributed by atoms with Crippen molar-refractivity contribution in [1.82, 2.24) is 10.6 Å². The molecule has 0 saturated carbocycles. The molecule has 1 atom stereocenters. The van der Waals surface area contributed by atoms with Crippen LogP contribution in [-0.4, -0.2) is 26.1 Å². The Kier molecular flexibility index (Phi) is 7.60. The molecule has 1 amide bonds. The van der Waals surface area contributed by atoms with Gasteiger partial charge in [-0.05, 0) is 64.7 Å². The van der Waals surface area contributed by atoms with Gasteiger partial charge in [-0.25, -0.2) is 0 Å². The number of nitrogens with one attached hydrogen (secondary N) is 2. The maximum atomic E-state index is 13.2. The average molecular weight is 493 g/mol. The number of rotatable bonds is 8. The van der Waals surface area contributed by atoms with Crippen molar-refractivity contribution < 1.29 is 22.7 Å². The van der Waals surface area contributed by atoms with E-state index in [1.54, 1.807) is 24.3 Å². The molecule has 4 aromatic carbocycles. The van der Waals surface area contributed by atoms with Crippen LogP contribution in [0.5, 0.6) is 5.75 Å². The van der Waals surface area contributed by atoms with Crippen LogP contribution in [0.4, 0.5) is 13.2 Å². The van der Waals surface area contributed by atoms with Crippen LogP contribution in [0.25, 0.3) is 21.9 Å². The van der Waals surface area contributed by atoms with Crippen LogP contribution >= 0.6 is 0 Å². The Labute approximate surface area is 208 Å². The third-order valence-corrected chi connectivity index (χ3v) is 6.03. The number of carbonyl (C=O) groups is 1. The fourth-order valence-electron chi connectivity index (χ4n) is 4.18. The number of hydrogen-bond donors (Lipinski definition) is 2. The molecule has 2 N–H and O–H groups in total. The quantitative estimate of drug-likeness (QED) is 0.272. The van der Waals surface area contributed by atoms with Gasteiger partial charge in [0.05, 0.1) is 5.56 Å². The van der Waals surface area contributed by atoms with Crippen molar-refractivity contribution in [2.24, 2.45) is 0 Å². The summed E-state index contributed by atoms with van der Waals surface area (Å²) < 4.78 is 45.5. The lowest BCUT2D eigenvalue weighted by atomic mass is 10.00. The summed E-state index contributed by atoms with van der Waals surface area (Å²) in [6.07, 6.45) is -4.46. The molecule has 4 rings (SSSR count). The van der Waals surface area contributed by atoms with Gasteiger partial charge < -0.3 is 15.4 Å². The van der Waals surface area contributed by atoms with E-state index in [4.69, 9.17) is 4.74 Å². The highest BCUT2D eigenvalue weighted by Crippen LogP contribution is 2.33. The van der Waals surface area contributed by atoms with Gasteiger partial charge >= 0.3 is 6.18 Å². The normalized spacial score (nSPS) is 12.4. The van der Waals surface area contributed by atoms with E-state index < -0.39 is 11.7 Å². The summed E-state index contributed by atoms with van der Waals surface area (Å²) in [6, 6.07) is 24.3. The number of hydrogen-bond acceptors (Lipinski definition) is 3. The molecule has 0 saturated heterocycles. The zero-order valence-electron chi connectivity index (χ0n) is 20.0. The molecule has 0 heterocycles. The van der Waals surface area contributed by atoms with Crippen LogP contribution in [0.1, 0.15) is 34.5 Å². The summed E-state index contributed by atoms with van der Waals surface area (Å²) in [5.41, 5.74) is 1.55. The van der Waals surface area contributed by atoms with E-state index in [-0.39, 0.29) is 11.9 Å². The van der Waals surface area contributed by atoms with Crippen molar-refractivity contribution in [1.29, 1.82) is 0 Å². The second kappa shape index (κ2) is 10.8. The summed E-state index contributed by atoms with van der Waals surface area (Å²) in [5.74, 6) is 0.0551. The topological polar surface area (TPSA) is 50.4 Å². The molecule has 0 fully saturated rings. The minimum Gasteiger partial charge on any atom is -0.492 e. The molecule has 36 heavy (non-hydrogen) atoms. The first-order valence-corrected chi connectivity index (χ1v) is 11.6. The van der Waals surface area contributed by atoms with Crippen molar-refractivity contribution in [3.8, 4) is 16.9 Å². The van der Waals surface area contributed by atoms with Crippen LogP contribution in [0.15, 0.2) is 84.9 Å².